The van der Waals surface area contributed by atoms with Crippen LogP contribution in [0.3, 0.4) is 0 Å². The standard InChI is InChI=1S/C16H24FNO3S.C14H20FNO3S/c1-6-21-14(19)11-16(5,18-22(20)15(2,3)4)12-9-7-8-10-13(12)17;1-13(2,3)20(19)16-14(4,9-12(17)18)10-7-5-6-8-11(10)15/h7-10,18H,6,11H2,1-5H3;5-8,16H,9H2,1-4H3,(H,17,18)/t16-,22+;14-,20+/m00/s1. The summed E-state index contributed by atoms with van der Waals surface area (Å²) in [7, 11) is -2.97. The lowest BCUT2D eigenvalue weighted by atomic mass is 9.89. The van der Waals surface area contributed by atoms with E-state index in [0.29, 0.717) is 5.56 Å². The molecule has 0 saturated carbocycles. The Hall–Kier alpha value is -2.54. The van der Waals surface area contributed by atoms with Gasteiger partial charge in [-0.1, -0.05) is 36.4 Å². The van der Waals surface area contributed by atoms with E-state index in [0.717, 1.165) is 0 Å². The number of carbonyl (C=O) groups excluding carboxylic acids is 1. The van der Waals surface area contributed by atoms with Gasteiger partial charge in [-0.05, 0) is 74.4 Å². The predicted molar refractivity (Wildman–Crippen MR) is 163 cm³/mol. The number of benzene rings is 2. The molecule has 0 aliphatic heterocycles. The first-order valence-corrected chi connectivity index (χ1v) is 15.7. The molecule has 2 rings (SSSR count). The maximum Gasteiger partial charge on any atom is 0.308 e. The Kier molecular flexibility index (Phi) is 13.6. The Balaban J connectivity index is 0.000000422. The molecule has 4 atom stereocenters. The van der Waals surface area contributed by atoms with Gasteiger partial charge in [-0.3, -0.25) is 9.59 Å². The van der Waals surface area contributed by atoms with Crippen LogP contribution in [0.5, 0.6) is 0 Å². The van der Waals surface area contributed by atoms with Gasteiger partial charge in [0.2, 0.25) is 0 Å². The van der Waals surface area contributed by atoms with Crippen molar-refractivity contribution in [2.75, 3.05) is 6.61 Å². The summed E-state index contributed by atoms with van der Waals surface area (Å²) in [5, 5.41) is 9.06. The van der Waals surface area contributed by atoms with E-state index in [-0.39, 0.29) is 25.0 Å². The van der Waals surface area contributed by atoms with Gasteiger partial charge in [-0.15, -0.1) is 0 Å². The van der Waals surface area contributed by atoms with Crippen LogP contribution < -0.4 is 9.44 Å². The van der Waals surface area contributed by atoms with Crippen LogP contribution in [0.1, 0.15) is 86.3 Å². The highest BCUT2D eigenvalue weighted by atomic mass is 32.2. The highest BCUT2D eigenvalue weighted by molar-refractivity contribution is 7.84. The number of hydrogen-bond donors (Lipinski definition) is 3. The second kappa shape index (κ2) is 15.3. The van der Waals surface area contributed by atoms with Crippen molar-refractivity contribution in [2.45, 2.75) is 95.7 Å². The minimum Gasteiger partial charge on any atom is -0.481 e. The normalized spacial score (nSPS) is 16.2. The average Bonchev–Trinajstić information content (AvgIpc) is 2.83. The molecule has 0 aromatic heterocycles. The molecule has 0 unspecified atom stereocenters. The van der Waals surface area contributed by atoms with E-state index in [2.05, 4.69) is 9.44 Å². The quantitative estimate of drug-likeness (QED) is 0.278. The molecule has 0 heterocycles. The lowest BCUT2D eigenvalue weighted by Crippen LogP contribution is -2.48. The van der Waals surface area contributed by atoms with Gasteiger partial charge in [0.05, 0.1) is 62.0 Å². The molecule has 2 aromatic rings. The molecule has 12 heteroatoms. The van der Waals surface area contributed by atoms with Crippen LogP contribution in [0.15, 0.2) is 48.5 Å². The zero-order valence-electron chi connectivity index (χ0n) is 25.8. The monoisotopic (exact) mass is 630 g/mol. The fraction of sp³-hybridized carbons (Fsp3) is 0.533. The van der Waals surface area contributed by atoms with E-state index >= 15 is 0 Å². The van der Waals surface area contributed by atoms with E-state index in [1.165, 1.54) is 24.3 Å². The minimum absolute atomic E-state index is 0.108. The Morgan fingerprint density at radius 1 is 0.738 bits per heavy atom. The van der Waals surface area contributed by atoms with E-state index < -0.39 is 66.1 Å². The molecule has 0 spiro atoms. The van der Waals surface area contributed by atoms with Crippen molar-refractivity contribution in [2.24, 2.45) is 0 Å². The summed E-state index contributed by atoms with van der Waals surface area (Å²) in [5.41, 5.74) is -1.87. The number of carbonyl (C=O) groups is 2. The van der Waals surface area contributed by atoms with E-state index in [4.69, 9.17) is 9.84 Å². The summed E-state index contributed by atoms with van der Waals surface area (Å²) < 4.78 is 62.3. The molecule has 0 saturated heterocycles. The Bertz CT molecular complexity index is 1280. The third-order valence-corrected chi connectivity index (χ3v) is 9.49. The summed E-state index contributed by atoms with van der Waals surface area (Å²) in [6.07, 6.45) is -0.473. The highest BCUT2D eigenvalue weighted by Gasteiger charge is 2.38. The Morgan fingerprint density at radius 3 is 1.40 bits per heavy atom. The molecule has 0 amide bonds. The topological polar surface area (TPSA) is 122 Å². The maximum atomic E-state index is 14.2. The molecule has 2 aromatic carbocycles. The molecule has 8 nitrogen and oxygen atoms in total. The highest BCUT2D eigenvalue weighted by Crippen LogP contribution is 2.30. The molecule has 236 valence electrons. The molecule has 42 heavy (non-hydrogen) atoms. The summed E-state index contributed by atoms with van der Waals surface area (Å²) in [6, 6.07) is 12.1. The molecule has 0 bridgehead atoms. The third kappa shape index (κ3) is 11.3. The van der Waals surface area contributed by atoms with Gasteiger partial charge in [0, 0.05) is 11.1 Å². The first-order chi connectivity index (χ1) is 19.2. The zero-order valence-corrected chi connectivity index (χ0v) is 27.4. The van der Waals surface area contributed by atoms with E-state index in [1.807, 2.05) is 20.8 Å². The number of nitrogens with one attached hydrogen (secondary N) is 2. The number of aliphatic carboxylic acids is 1. The number of hydrogen-bond acceptors (Lipinski definition) is 5. The van der Waals surface area contributed by atoms with Crippen LogP contribution in [-0.2, 0) is 47.4 Å². The predicted octanol–water partition coefficient (Wildman–Crippen LogP) is 5.61. The minimum atomic E-state index is -1.51. The van der Waals surface area contributed by atoms with Crippen molar-refractivity contribution in [3.8, 4) is 0 Å². The van der Waals surface area contributed by atoms with Crippen molar-refractivity contribution in [3.63, 3.8) is 0 Å². The van der Waals surface area contributed by atoms with E-state index in [9.17, 15) is 26.8 Å². The SMILES string of the molecule is CC(C)(C)[S@@](=O)N[C@@](C)(CC(=O)O)c1ccccc1F.CCOC(=O)C[C@](C)(N[S@](=O)C(C)(C)C)c1ccccc1F. The van der Waals surface area contributed by atoms with E-state index in [1.54, 1.807) is 65.8 Å². The number of halogens is 2. The fourth-order valence-electron chi connectivity index (χ4n) is 3.71. The third-order valence-electron chi connectivity index (χ3n) is 5.99. The maximum absolute atomic E-state index is 14.2. The number of carboxylic acids is 1. The van der Waals surface area contributed by atoms with Crippen LogP contribution in [0.2, 0.25) is 0 Å². The van der Waals surface area contributed by atoms with Gasteiger partial charge in [0.1, 0.15) is 11.6 Å². The van der Waals surface area contributed by atoms with Crippen LogP contribution in [0.25, 0.3) is 0 Å². The van der Waals surface area contributed by atoms with Crippen LogP contribution in [0, 0.1) is 11.6 Å². The van der Waals surface area contributed by atoms with Crippen LogP contribution >= 0.6 is 0 Å². The number of carboxylic acid groups (broad SMARTS) is 1. The molecule has 0 aliphatic rings. The van der Waals surface area contributed by atoms with Crippen LogP contribution in [-0.4, -0.2) is 41.6 Å². The van der Waals surface area contributed by atoms with Crippen molar-refractivity contribution < 1.29 is 36.6 Å². The lowest BCUT2D eigenvalue weighted by Gasteiger charge is -2.33. The molecule has 0 radical (unpaired) electrons. The van der Waals surface area contributed by atoms with Crippen LogP contribution in [0.4, 0.5) is 8.78 Å². The molecule has 3 N–H and O–H groups in total. The fourth-order valence-corrected chi connectivity index (χ4v) is 5.50. The van der Waals surface area contributed by atoms with Crippen molar-refractivity contribution in [3.05, 3.63) is 71.3 Å². The Labute approximate surface area is 253 Å². The summed E-state index contributed by atoms with van der Waals surface area (Å²) in [4.78, 5) is 23.0. The Morgan fingerprint density at radius 2 is 1.10 bits per heavy atom. The van der Waals surface area contributed by atoms with Crippen molar-refractivity contribution >= 4 is 33.9 Å². The van der Waals surface area contributed by atoms with Gasteiger partial charge in [0.15, 0.2) is 0 Å². The first-order valence-electron chi connectivity index (χ1n) is 13.4. The average molecular weight is 631 g/mol. The van der Waals surface area contributed by atoms with Crippen molar-refractivity contribution in [1.29, 1.82) is 0 Å². The largest absolute Gasteiger partial charge is 0.481 e. The summed E-state index contributed by atoms with van der Waals surface area (Å²) in [5.74, 6) is -2.52. The van der Waals surface area contributed by atoms with Gasteiger partial charge >= 0.3 is 11.9 Å². The summed E-state index contributed by atoms with van der Waals surface area (Å²) >= 11 is 0. The smallest absolute Gasteiger partial charge is 0.308 e. The van der Waals surface area contributed by atoms with Crippen molar-refractivity contribution in [1.82, 2.24) is 9.44 Å². The molecular formula is C30H44F2N2O6S2. The lowest BCUT2D eigenvalue weighted by molar-refractivity contribution is -0.144. The number of rotatable bonds is 11. The number of ether oxygens (including phenoxy) is 1. The number of esters is 1. The zero-order chi connectivity index (χ0) is 32.5. The van der Waals surface area contributed by atoms with Gasteiger partial charge in [-0.25, -0.2) is 26.6 Å². The van der Waals surface area contributed by atoms with Gasteiger partial charge < -0.3 is 9.84 Å². The second-order valence-corrected chi connectivity index (χ2v) is 16.1. The van der Waals surface area contributed by atoms with Gasteiger partial charge in [-0.2, -0.15) is 0 Å². The molecular weight excluding hydrogens is 586 g/mol. The molecule has 0 fully saturated rings. The van der Waals surface area contributed by atoms with Gasteiger partial charge in [0.25, 0.3) is 0 Å². The summed E-state index contributed by atoms with van der Waals surface area (Å²) in [6.45, 7) is 15.9. The molecule has 0 aliphatic carbocycles. The second-order valence-electron chi connectivity index (χ2n) is 12.1. The first kappa shape index (κ1) is 37.5.